The fraction of sp³-hybridized carbons (Fsp3) is 0.500. The van der Waals surface area contributed by atoms with Crippen molar-refractivity contribution in [3.8, 4) is 0 Å². The summed E-state index contributed by atoms with van der Waals surface area (Å²) in [6, 6.07) is 5.46. The molecule has 88 valence electrons. The maximum atomic E-state index is 11.7. The summed E-state index contributed by atoms with van der Waals surface area (Å²) in [5, 5.41) is 3.85. The van der Waals surface area contributed by atoms with E-state index in [9.17, 15) is 4.79 Å². The van der Waals surface area contributed by atoms with Crippen molar-refractivity contribution < 1.29 is 4.79 Å². The lowest BCUT2D eigenvalue weighted by Gasteiger charge is -2.10. The topological polar surface area (TPSA) is 42.0 Å². The van der Waals surface area contributed by atoms with Gasteiger partial charge in [-0.2, -0.15) is 0 Å². The smallest absolute Gasteiger partial charge is 0.269 e. The van der Waals surface area contributed by atoms with Crippen LogP contribution in [0.1, 0.15) is 29.5 Å². The third-order valence-corrected chi connectivity index (χ3v) is 2.79. The Morgan fingerprint density at radius 1 is 1.56 bits per heavy atom. The Hall–Kier alpha value is -0.900. The molecular formula is C12H17BrN2O. The van der Waals surface area contributed by atoms with Gasteiger partial charge in [0.15, 0.2) is 0 Å². The molecule has 1 heterocycles. The van der Waals surface area contributed by atoms with Gasteiger partial charge in [-0.15, -0.1) is 0 Å². The number of amides is 1. The van der Waals surface area contributed by atoms with Crippen molar-refractivity contribution in [2.75, 3.05) is 11.9 Å². The van der Waals surface area contributed by atoms with Crippen molar-refractivity contribution in [1.82, 2.24) is 10.3 Å². The zero-order chi connectivity index (χ0) is 12.0. The molecule has 1 N–H and O–H groups in total. The van der Waals surface area contributed by atoms with Crippen LogP contribution in [-0.4, -0.2) is 22.8 Å². The van der Waals surface area contributed by atoms with Gasteiger partial charge in [-0.05, 0) is 31.4 Å². The van der Waals surface area contributed by atoms with E-state index in [-0.39, 0.29) is 5.91 Å². The van der Waals surface area contributed by atoms with Crippen LogP contribution in [0, 0.1) is 12.8 Å². The maximum Gasteiger partial charge on any atom is 0.269 e. The predicted molar refractivity (Wildman–Crippen MR) is 68.9 cm³/mol. The number of nitrogens with zero attached hydrogens (tertiary/aromatic N) is 1. The lowest BCUT2D eigenvalue weighted by atomic mass is 10.1. The van der Waals surface area contributed by atoms with Gasteiger partial charge in [0.1, 0.15) is 5.69 Å². The van der Waals surface area contributed by atoms with E-state index in [4.69, 9.17) is 0 Å². The summed E-state index contributed by atoms with van der Waals surface area (Å²) in [6.45, 7) is 4.69. The number of pyridine rings is 1. The highest BCUT2D eigenvalue weighted by Gasteiger charge is 2.08. The minimum Gasteiger partial charge on any atom is -0.350 e. The van der Waals surface area contributed by atoms with E-state index in [1.165, 1.54) is 0 Å². The van der Waals surface area contributed by atoms with Crippen LogP contribution < -0.4 is 5.32 Å². The Morgan fingerprint density at radius 2 is 2.31 bits per heavy atom. The minimum absolute atomic E-state index is 0.0925. The molecule has 0 aliphatic heterocycles. The molecule has 0 saturated carbocycles. The standard InChI is InChI=1S/C12H17BrN2O/c1-9(6-7-13)8-14-12(16)11-5-3-4-10(2)15-11/h3-5,9H,6-8H2,1-2H3,(H,14,16). The van der Waals surface area contributed by atoms with E-state index in [2.05, 4.69) is 33.2 Å². The number of rotatable bonds is 5. The summed E-state index contributed by atoms with van der Waals surface area (Å²) < 4.78 is 0. The number of hydrogen-bond acceptors (Lipinski definition) is 2. The number of aryl methyl sites for hydroxylation is 1. The Kier molecular flexibility index (Phi) is 5.46. The van der Waals surface area contributed by atoms with Crippen LogP contribution in [0.5, 0.6) is 0 Å². The second-order valence-corrected chi connectivity index (χ2v) is 4.75. The number of alkyl halides is 1. The van der Waals surface area contributed by atoms with Gasteiger partial charge >= 0.3 is 0 Å². The molecule has 0 aromatic carbocycles. The van der Waals surface area contributed by atoms with Crippen molar-refractivity contribution in [3.05, 3.63) is 29.6 Å². The van der Waals surface area contributed by atoms with Crippen LogP contribution in [-0.2, 0) is 0 Å². The largest absolute Gasteiger partial charge is 0.350 e. The molecule has 0 aliphatic rings. The fourth-order valence-corrected chi connectivity index (χ4v) is 2.10. The summed E-state index contributed by atoms with van der Waals surface area (Å²) in [6.07, 6.45) is 1.06. The molecule has 1 aromatic heterocycles. The molecule has 4 heteroatoms. The van der Waals surface area contributed by atoms with Crippen molar-refractivity contribution >= 4 is 21.8 Å². The molecule has 0 bridgehead atoms. The molecule has 0 aliphatic carbocycles. The van der Waals surface area contributed by atoms with Crippen molar-refractivity contribution in [3.63, 3.8) is 0 Å². The predicted octanol–water partition coefficient (Wildman–Crippen LogP) is 2.54. The third-order valence-electron chi connectivity index (χ3n) is 2.33. The van der Waals surface area contributed by atoms with Crippen LogP contribution in [0.3, 0.4) is 0 Å². The molecule has 16 heavy (non-hydrogen) atoms. The van der Waals surface area contributed by atoms with E-state index in [0.29, 0.717) is 18.2 Å². The van der Waals surface area contributed by atoms with Gasteiger partial charge in [0.2, 0.25) is 0 Å². The molecule has 1 rings (SSSR count). The molecule has 1 atom stereocenters. The highest BCUT2D eigenvalue weighted by Crippen LogP contribution is 2.03. The van der Waals surface area contributed by atoms with Gasteiger partial charge in [-0.25, -0.2) is 4.98 Å². The van der Waals surface area contributed by atoms with E-state index < -0.39 is 0 Å². The first kappa shape index (κ1) is 13.2. The van der Waals surface area contributed by atoms with Crippen molar-refractivity contribution in [1.29, 1.82) is 0 Å². The molecule has 3 nitrogen and oxygen atoms in total. The first-order valence-corrected chi connectivity index (χ1v) is 6.53. The van der Waals surface area contributed by atoms with Gasteiger partial charge in [0.05, 0.1) is 0 Å². The van der Waals surface area contributed by atoms with Gasteiger partial charge in [0.25, 0.3) is 5.91 Å². The summed E-state index contributed by atoms with van der Waals surface area (Å²) >= 11 is 3.39. The lowest BCUT2D eigenvalue weighted by Crippen LogP contribution is -2.29. The number of hydrogen-bond donors (Lipinski definition) is 1. The third kappa shape index (κ3) is 4.31. The molecule has 1 amide bonds. The van der Waals surface area contributed by atoms with Crippen LogP contribution >= 0.6 is 15.9 Å². The first-order chi connectivity index (χ1) is 7.63. The summed E-state index contributed by atoms with van der Waals surface area (Å²) in [5.41, 5.74) is 1.35. The average Bonchev–Trinajstić information content (AvgIpc) is 2.26. The number of halogens is 1. The summed E-state index contributed by atoms with van der Waals surface area (Å²) in [4.78, 5) is 15.9. The average molecular weight is 285 g/mol. The van der Waals surface area contributed by atoms with E-state index in [0.717, 1.165) is 17.4 Å². The molecule has 0 radical (unpaired) electrons. The highest BCUT2D eigenvalue weighted by atomic mass is 79.9. The number of carbonyl (C=O) groups excluding carboxylic acids is 1. The quantitative estimate of drug-likeness (QED) is 0.845. The number of aromatic nitrogens is 1. The molecule has 1 unspecified atom stereocenters. The second-order valence-electron chi connectivity index (χ2n) is 3.96. The monoisotopic (exact) mass is 284 g/mol. The SMILES string of the molecule is Cc1cccc(C(=O)NCC(C)CCBr)n1. The number of nitrogens with one attached hydrogen (secondary N) is 1. The zero-order valence-corrected chi connectivity index (χ0v) is 11.3. The Labute approximate surface area is 105 Å². The van der Waals surface area contributed by atoms with Crippen molar-refractivity contribution in [2.24, 2.45) is 5.92 Å². The van der Waals surface area contributed by atoms with Crippen LogP contribution in [0.25, 0.3) is 0 Å². The highest BCUT2D eigenvalue weighted by molar-refractivity contribution is 9.09. The molecule has 0 fully saturated rings. The molecule has 0 spiro atoms. The second kappa shape index (κ2) is 6.63. The lowest BCUT2D eigenvalue weighted by molar-refractivity contribution is 0.0942. The van der Waals surface area contributed by atoms with Crippen molar-refractivity contribution in [2.45, 2.75) is 20.3 Å². The Morgan fingerprint density at radius 3 is 2.94 bits per heavy atom. The van der Waals surface area contributed by atoms with Gasteiger partial charge < -0.3 is 5.32 Å². The first-order valence-electron chi connectivity index (χ1n) is 5.41. The Balaban J connectivity index is 2.47. The number of carbonyl (C=O) groups is 1. The van der Waals surface area contributed by atoms with E-state index in [1.54, 1.807) is 6.07 Å². The maximum absolute atomic E-state index is 11.7. The van der Waals surface area contributed by atoms with Gasteiger partial charge in [-0.3, -0.25) is 4.79 Å². The van der Waals surface area contributed by atoms with E-state index >= 15 is 0 Å². The Bertz CT molecular complexity index is 355. The fourth-order valence-electron chi connectivity index (χ4n) is 1.32. The molecule has 0 saturated heterocycles. The zero-order valence-electron chi connectivity index (χ0n) is 9.66. The van der Waals surface area contributed by atoms with Crippen LogP contribution in [0.15, 0.2) is 18.2 Å². The van der Waals surface area contributed by atoms with E-state index in [1.807, 2.05) is 19.1 Å². The molecule has 1 aromatic rings. The normalized spacial score (nSPS) is 12.2. The van der Waals surface area contributed by atoms with Crippen LogP contribution in [0.4, 0.5) is 0 Å². The summed E-state index contributed by atoms with van der Waals surface area (Å²) in [5.74, 6) is 0.387. The summed E-state index contributed by atoms with van der Waals surface area (Å²) in [7, 11) is 0. The van der Waals surface area contributed by atoms with Gasteiger partial charge in [-0.1, -0.05) is 28.9 Å². The minimum atomic E-state index is -0.0925. The van der Waals surface area contributed by atoms with Crippen LogP contribution in [0.2, 0.25) is 0 Å². The van der Waals surface area contributed by atoms with Gasteiger partial charge in [0, 0.05) is 17.6 Å². The molecular weight excluding hydrogens is 268 g/mol.